The van der Waals surface area contributed by atoms with Crippen molar-refractivity contribution < 1.29 is 8.78 Å². The summed E-state index contributed by atoms with van der Waals surface area (Å²) in [5.74, 6) is -0.807. The number of benzene rings is 1. The minimum absolute atomic E-state index is 0.358. The second-order valence-corrected chi connectivity index (χ2v) is 3.64. The fourth-order valence-electron chi connectivity index (χ4n) is 1.81. The van der Waals surface area contributed by atoms with Crippen LogP contribution in [-0.2, 0) is 0 Å². The van der Waals surface area contributed by atoms with Crippen LogP contribution in [0.2, 0.25) is 0 Å². The smallest absolute Gasteiger partial charge is 0.146 e. The third-order valence-corrected chi connectivity index (χ3v) is 2.62. The molecule has 1 atom stereocenters. The quantitative estimate of drug-likeness (QED) is 0.883. The summed E-state index contributed by atoms with van der Waals surface area (Å²) in [4.78, 5) is 3.68. The maximum absolute atomic E-state index is 13.7. The average molecular weight is 234 g/mol. The summed E-state index contributed by atoms with van der Waals surface area (Å²) < 4.78 is 27.3. The van der Waals surface area contributed by atoms with Crippen molar-refractivity contribution in [2.75, 3.05) is 7.05 Å². The molecule has 1 heterocycles. The van der Waals surface area contributed by atoms with Gasteiger partial charge in [-0.15, -0.1) is 0 Å². The molecule has 0 spiro atoms. The van der Waals surface area contributed by atoms with E-state index in [4.69, 9.17) is 0 Å². The lowest BCUT2D eigenvalue weighted by Gasteiger charge is -2.18. The molecule has 2 nitrogen and oxygen atoms in total. The molecule has 0 aliphatic heterocycles. The van der Waals surface area contributed by atoms with Gasteiger partial charge < -0.3 is 5.32 Å². The highest BCUT2D eigenvalue weighted by molar-refractivity contribution is 5.32. The highest BCUT2D eigenvalue weighted by Crippen LogP contribution is 2.25. The number of rotatable bonds is 3. The molecule has 0 aliphatic rings. The van der Waals surface area contributed by atoms with E-state index in [0.717, 1.165) is 6.20 Å². The lowest BCUT2D eigenvalue weighted by molar-refractivity contribution is 0.544. The van der Waals surface area contributed by atoms with Crippen LogP contribution < -0.4 is 5.32 Å². The molecule has 2 rings (SSSR count). The van der Waals surface area contributed by atoms with E-state index < -0.39 is 11.9 Å². The van der Waals surface area contributed by atoms with E-state index >= 15 is 0 Å². The molecule has 2 aromatic rings. The summed E-state index contributed by atoms with van der Waals surface area (Å²) >= 11 is 0. The first-order valence-electron chi connectivity index (χ1n) is 5.25. The molecule has 88 valence electrons. The predicted octanol–water partition coefficient (Wildman–Crippen LogP) is 2.67. The monoisotopic (exact) mass is 234 g/mol. The Balaban J connectivity index is 2.48. The van der Waals surface area contributed by atoms with Crippen LogP contribution in [0.1, 0.15) is 17.2 Å². The fraction of sp³-hybridized carbons (Fsp3) is 0.154. The number of halogens is 2. The SMILES string of the molecule is CNC(c1ccccc1F)c1ccncc1F. The number of pyridine rings is 1. The topological polar surface area (TPSA) is 24.9 Å². The van der Waals surface area contributed by atoms with Gasteiger partial charge in [0, 0.05) is 17.3 Å². The van der Waals surface area contributed by atoms with E-state index in [1.807, 2.05) is 0 Å². The largest absolute Gasteiger partial charge is 0.309 e. The van der Waals surface area contributed by atoms with Gasteiger partial charge in [0.25, 0.3) is 0 Å². The van der Waals surface area contributed by atoms with Gasteiger partial charge >= 0.3 is 0 Å². The average Bonchev–Trinajstić information content (AvgIpc) is 2.34. The zero-order valence-corrected chi connectivity index (χ0v) is 9.32. The van der Waals surface area contributed by atoms with Crippen LogP contribution in [0, 0.1) is 11.6 Å². The van der Waals surface area contributed by atoms with E-state index in [1.165, 1.54) is 12.3 Å². The highest BCUT2D eigenvalue weighted by atomic mass is 19.1. The zero-order chi connectivity index (χ0) is 12.3. The lowest BCUT2D eigenvalue weighted by atomic mass is 9.99. The normalized spacial score (nSPS) is 12.4. The van der Waals surface area contributed by atoms with E-state index in [9.17, 15) is 8.78 Å². The first-order chi connectivity index (χ1) is 8.24. The summed E-state index contributed by atoms with van der Waals surface area (Å²) in [5.41, 5.74) is 0.799. The number of hydrogen-bond donors (Lipinski definition) is 1. The second-order valence-electron chi connectivity index (χ2n) is 3.64. The van der Waals surface area contributed by atoms with E-state index in [2.05, 4.69) is 10.3 Å². The molecule has 0 saturated heterocycles. The fourth-order valence-corrected chi connectivity index (χ4v) is 1.81. The van der Waals surface area contributed by atoms with E-state index in [-0.39, 0.29) is 5.82 Å². The van der Waals surface area contributed by atoms with Crippen LogP contribution in [0.15, 0.2) is 42.7 Å². The van der Waals surface area contributed by atoms with Gasteiger partial charge in [-0.25, -0.2) is 8.78 Å². The summed E-state index contributed by atoms with van der Waals surface area (Å²) in [7, 11) is 1.66. The van der Waals surface area contributed by atoms with Gasteiger partial charge in [-0.05, 0) is 19.2 Å². The van der Waals surface area contributed by atoms with Crippen LogP contribution in [0.5, 0.6) is 0 Å². The molecule has 1 unspecified atom stereocenters. The molecule has 4 heteroatoms. The van der Waals surface area contributed by atoms with Gasteiger partial charge in [0.2, 0.25) is 0 Å². The number of nitrogens with one attached hydrogen (secondary N) is 1. The standard InChI is InChI=1S/C13H12F2N2/c1-16-13(9-4-2-3-5-11(9)14)10-6-7-17-8-12(10)15/h2-8,13,16H,1H3. The number of nitrogens with zero attached hydrogens (tertiary/aromatic N) is 1. The van der Waals surface area contributed by atoms with Crippen LogP contribution in [0.4, 0.5) is 8.78 Å². The number of aromatic nitrogens is 1. The van der Waals surface area contributed by atoms with Gasteiger partial charge in [0.1, 0.15) is 11.6 Å². The van der Waals surface area contributed by atoms with E-state index in [1.54, 1.807) is 31.3 Å². The molecular weight excluding hydrogens is 222 g/mol. The van der Waals surface area contributed by atoms with Crippen molar-refractivity contribution in [3.05, 3.63) is 65.5 Å². The Hall–Kier alpha value is -1.81. The van der Waals surface area contributed by atoms with Crippen LogP contribution in [0.25, 0.3) is 0 Å². The van der Waals surface area contributed by atoms with Crippen molar-refractivity contribution in [2.45, 2.75) is 6.04 Å². The molecule has 0 saturated carbocycles. The van der Waals surface area contributed by atoms with Crippen LogP contribution in [0.3, 0.4) is 0 Å². The Morgan fingerprint density at radius 2 is 1.76 bits per heavy atom. The van der Waals surface area contributed by atoms with Crippen LogP contribution >= 0.6 is 0 Å². The van der Waals surface area contributed by atoms with Crippen molar-refractivity contribution in [2.24, 2.45) is 0 Å². The third-order valence-electron chi connectivity index (χ3n) is 2.62. The molecule has 0 radical (unpaired) electrons. The predicted molar refractivity (Wildman–Crippen MR) is 61.5 cm³/mol. The van der Waals surface area contributed by atoms with Crippen molar-refractivity contribution in [1.82, 2.24) is 10.3 Å². The summed E-state index contributed by atoms with van der Waals surface area (Å²) in [6.45, 7) is 0. The minimum Gasteiger partial charge on any atom is -0.309 e. The Labute approximate surface area is 98.3 Å². The van der Waals surface area contributed by atoms with E-state index in [0.29, 0.717) is 11.1 Å². The molecule has 0 bridgehead atoms. The Morgan fingerprint density at radius 3 is 2.41 bits per heavy atom. The highest BCUT2D eigenvalue weighted by Gasteiger charge is 2.18. The third kappa shape index (κ3) is 2.31. The maximum Gasteiger partial charge on any atom is 0.146 e. The molecule has 17 heavy (non-hydrogen) atoms. The molecule has 0 aliphatic carbocycles. The Bertz CT molecular complexity index is 469. The van der Waals surface area contributed by atoms with Crippen molar-refractivity contribution in [1.29, 1.82) is 0 Å². The Morgan fingerprint density at radius 1 is 1.06 bits per heavy atom. The van der Waals surface area contributed by atoms with Crippen molar-refractivity contribution >= 4 is 0 Å². The van der Waals surface area contributed by atoms with Crippen molar-refractivity contribution in [3.8, 4) is 0 Å². The first kappa shape index (κ1) is 11.7. The molecule has 1 aromatic carbocycles. The van der Waals surface area contributed by atoms with Crippen LogP contribution in [-0.4, -0.2) is 12.0 Å². The summed E-state index contributed by atoms with van der Waals surface area (Å²) in [6.07, 6.45) is 2.62. The first-order valence-corrected chi connectivity index (χ1v) is 5.25. The lowest BCUT2D eigenvalue weighted by Crippen LogP contribution is -2.20. The van der Waals surface area contributed by atoms with Crippen molar-refractivity contribution in [3.63, 3.8) is 0 Å². The second kappa shape index (κ2) is 5.01. The minimum atomic E-state index is -0.515. The molecule has 0 fully saturated rings. The molecular formula is C13H12F2N2. The van der Waals surface area contributed by atoms with Gasteiger partial charge in [-0.1, -0.05) is 18.2 Å². The zero-order valence-electron chi connectivity index (χ0n) is 9.32. The molecule has 1 N–H and O–H groups in total. The van der Waals surface area contributed by atoms with Gasteiger partial charge in [-0.3, -0.25) is 4.98 Å². The molecule has 1 aromatic heterocycles. The summed E-state index contributed by atoms with van der Waals surface area (Å²) in [5, 5.41) is 2.91. The van der Waals surface area contributed by atoms with Gasteiger partial charge in [0.15, 0.2) is 0 Å². The van der Waals surface area contributed by atoms with Gasteiger partial charge in [-0.2, -0.15) is 0 Å². The Kier molecular flexibility index (Phi) is 3.44. The maximum atomic E-state index is 13.7. The number of hydrogen-bond acceptors (Lipinski definition) is 2. The molecule has 0 amide bonds. The summed E-state index contributed by atoms with van der Waals surface area (Å²) in [6, 6.07) is 7.35. The van der Waals surface area contributed by atoms with Gasteiger partial charge in [0.05, 0.1) is 12.2 Å².